The van der Waals surface area contributed by atoms with Gasteiger partial charge in [-0.2, -0.15) is 5.10 Å². The van der Waals surface area contributed by atoms with Gasteiger partial charge in [0.1, 0.15) is 0 Å². The first-order valence-electron chi connectivity index (χ1n) is 7.61. The molecule has 0 bridgehead atoms. The normalized spacial score (nSPS) is 11.9. The third-order valence-corrected chi connectivity index (χ3v) is 3.60. The molecule has 130 valence electrons. The molecule has 1 atom stereocenters. The number of hydrazone groups is 1. The number of carbonyl (C=O) groups excluding carboxylic acids is 1. The van der Waals surface area contributed by atoms with Crippen LogP contribution < -0.4 is 16.5 Å². The number of hydrogen-bond acceptors (Lipinski definition) is 5. The molecule has 5 N–H and O–H groups in total. The molecule has 0 spiro atoms. The number of carboxylic acid groups (broad SMARTS) is 1. The maximum atomic E-state index is 11.7. The Labute approximate surface area is 145 Å². The second-order valence-corrected chi connectivity index (χ2v) is 5.57. The Morgan fingerprint density at radius 2 is 1.88 bits per heavy atom. The summed E-state index contributed by atoms with van der Waals surface area (Å²) in [6.45, 7) is 3.25. The number of carboxylic acids is 1. The first-order chi connectivity index (χ1) is 11.9. The van der Waals surface area contributed by atoms with E-state index in [0.29, 0.717) is 16.9 Å². The number of amides is 1. The number of aryl methyl sites for hydroxylation is 1. The molecule has 7 nitrogen and oxygen atoms in total. The summed E-state index contributed by atoms with van der Waals surface area (Å²) in [5, 5.41) is 18.7. The van der Waals surface area contributed by atoms with Gasteiger partial charge in [-0.1, -0.05) is 24.3 Å². The molecule has 0 saturated carbocycles. The summed E-state index contributed by atoms with van der Waals surface area (Å²) in [5.41, 5.74) is 3.43. The lowest BCUT2D eigenvalue weighted by molar-refractivity contribution is -0.138. The van der Waals surface area contributed by atoms with E-state index in [0.717, 1.165) is 11.1 Å². The van der Waals surface area contributed by atoms with Gasteiger partial charge in [0.15, 0.2) is 6.04 Å². The van der Waals surface area contributed by atoms with E-state index >= 15 is 0 Å². The van der Waals surface area contributed by atoms with Crippen LogP contribution in [0.15, 0.2) is 47.6 Å². The molecule has 0 heterocycles. The third kappa shape index (κ3) is 4.81. The molecule has 0 aliphatic carbocycles. The molecule has 0 aliphatic rings. The quantitative estimate of drug-likeness (QED) is 0.366. The highest BCUT2D eigenvalue weighted by Crippen LogP contribution is 2.25. The van der Waals surface area contributed by atoms with Gasteiger partial charge in [0.2, 0.25) is 5.91 Å². The monoisotopic (exact) mass is 340 g/mol. The molecule has 2 rings (SSSR count). The van der Waals surface area contributed by atoms with Crippen LogP contribution in [-0.4, -0.2) is 23.2 Å². The van der Waals surface area contributed by atoms with E-state index in [9.17, 15) is 14.7 Å². The largest absolute Gasteiger partial charge is 0.479 e. The third-order valence-electron chi connectivity index (χ3n) is 3.60. The number of nitrogens with two attached hydrogens (primary N) is 1. The van der Waals surface area contributed by atoms with Gasteiger partial charge in [0.05, 0.1) is 6.21 Å². The molecule has 7 heteroatoms. The molecule has 0 saturated heterocycles. The molecule has 0 aromatic heterocycles. The van der Waals surface area contributed by atoms with Crippen LogP contribution in [-0.2, 0) is 9.59 Å². The van der Waals surface area contributed by atoms with Gasteiger partial charge in [0, 0.05) is 18.3 Å². The highest BCUT2D eigenvalue weighted by atomic mass is 16.4. The zero-order chi connectivity index (χ0) is 18.4. The van der Waals surface area contributed by atoms with Crippen molar-refractivity contribution in [1.82, 2.24) is 0 Å². The average Bonchev–Trinajstić information content (AvgIpc) is 2.56. The Balaban J connectivity index is 2.28. The highest BCUT2D eigenvalue weighted by molar-refractivity contribution is 5.90. The Bertz CT molecular complexity index is 800. The predicted molar refractivity (Wildman–Crippen MR) is 97.7 cm³/mol. The maximum Gasteiger partial charge on any atom is 0.330 e. The molecule has 1 unspecified atom stereocenters. The lowest BCUT2D eigenvalue weighted by atomic mass is 10.0. The fraction of sp³-hybridized carbons (Fsp3) is 0.167. The van der Waals surface area contributed by atoms with Crippen LogP contribution in [0.25, 0.3) is 0 Å². The molecule has 2 aromatic carbocycles. The molecule has 25 heavy (non-hydrogen) atoms. The van der Waals surface area contributed by atoms with Gasteiger partial charge in [0.25, 0.3) is 0 Å². The Hall–Kier alpha value is -3.35. The number of benzene rings is 2. The number of hydrogen-bond donors (Lipinski definition) is 4. The van der Waals surface area contributed by atoms with E-state index in [1.165, 1.54) is 13.1 Å². The summed E-state index contributed by atoms with van der Waals surface area (Å²) in [7, 11) is 0. The Morgan fingerprint density at radius 1 is 1.20 bits per heavy atom. The van der Waals surface area contributed by atoms with E-state index in [1.54, 1.807) is 42.5 Å². The summed E-state index contributed by atoms with van der Waals surface area (Å²) in [4.78, 5) is 23.0. The van der Waals surface area contributed by atoms with Crippen LogP contribution in [0, 0.1) is 6.92 Å². The van der Waals surface area contributed by atoms with Crippen LogP contribution in [0.5, 0.6) is 0 Å². The summed E-state index contributed by atoms with van der Waals surface area (Å²) in [6.07, 6.45) is 1.50. The highest BCUT2D eigenvalue weighted by Gasteiger charge is 2.20. The Morgan fingerprint density at radius 3 is 2.44 bits per heavy atom. The number of nitrogens with one attached hydrogen (secondary N) is 2. The van der Waals surface area contributed by atoms with Crippen molar-refractivity contribution in [2.45, 2.75) is 19.9 Å². The zero-order valence-electron chi connectivity index (χ0n) is 14.0. The standard InChI is InChI=1S/C18H20N4O3/c1-11-3-6-14(9-16(11)21-12(2)23)17(18(24)25)22-15-7-4-13(5-8-15)10-20-19/h3-10,17,22H,19H2,1-2H3,(H,21,23)(H,24,25). The van der Waals surface area contributed by atoms with E-state index in [4.69, 9.17) is 5.84 Å². The number of rotatable bonds is 6. The number of aliphatic carboxylic acids is 1. The van der Waals surface area contributed by atoms with E-state index in [2.05, 4.69) is 15.7 Å². The van der Waals surface area contributed by atoms with Gasteiger partial charge in [-0.05, 0) is 41.8 Å². The maximum absolute atomic E-state index is 11.7. The van der Waals surface area contributed by atoms with Crippen molar-refractivity contribution < 1.29 is 14.7 Å². The molecule has 1 amide bonds. The van der Waals surface area contributed by atoms with Gasteiger partial charge in [-0.25, -0.2) is 4.79 Å². The second-order valence-electron chi connectivity index (χ2n) is 5.57. The lowest BCUT2D eigenvalue weighted by Crippen LogP contribution is -2.21. The zero-order valence-corrected chi connectivity index (χ0v) is 14.0. The van der Waals surface area contributed by atoms with Crippen LogP contribution in [0.3, 0.4) is 0 Å². The van der Waals surface area contributed by atoms with Gasteiger partial charge in [-0.3, -0.25) is 4.79 Å². The van der Waals surface area contributed by atoms with E-state index in [1.807, 2.05) is 6.92 Å². The van der Waals surface area contributed by atoms with Crippen molar-refractivity contribution in [3.8, 4) is 0 Å². The van der Waals surface area contributed by atoms with Crippen molar-refractivity contribution in [2.24, 2.45) is 10.9 Å². The fourth-order valence-electron chi connectivity index (χ4n) is 2.35. The van der Waals surface area contributed by atoms with Crippen LogP contribution in [0.1, 0.15) is 29.7 Å². The summed E-state index contributed by atoms with van der Waals surface area (Å²) < 4.78 is 0. The minimum atomic E-state index is -1.02. The summed E-state index contributed by atoms with van der Waals surface area (Å²) in [6, 6.07) is 11.2. The summed E-state index contributed by atoms with van der Waals surface area (Å²) in [5.74, 6) is 3.87. The minimum absolute atomic E-state index is 0.211. The number of nitrogens with zero attached hydrogens (tertiary/aromatic N) is 1. The minimum Gasteiger partial charge on any atom is -0.479 e. The van der Waals surface area contributed by atoms with Crippen LogP contribution in [0.2, 0.25) is 0 Å². The van der Waals surface area contributed by atoms with Crippen LogP contribution in [0.4, 0.5) is 11.4 Å². The summed E-state index contributed by atoms with van der Waals surface area (Å²) >= 11 is 0. The second kappa shape index (κ2) is 7.96. The SMILES string of the molecule is CC(=O)Nc1cc(C(Nc2ccc(C=NN)cc2)C(=O)O)ccc1C. The van der Waals surface area contributed by atoms with Crippen LogP contribution >= 0.6 is 0 Å². The Kier molecular flexibility index (Phi) is 5.73. The molecule has 0 radical (unpaired) electrons. The van der Waals surface area contributed by atoms with Gasteiger partial charge >= 0.3 is 5.97 Å². The molecule has 2 aromatic rings. The lowest BCUT2D eigenvalue weighted by Gasteiger charge is -2.18. The first kappa shape index (κ1) is 18.0. The van der Waals surface area contributed by atoms with Crippen molar-refractivity contribution in [2.75, 3.05) is 10.6 Å². The average molecular weight is 340 g/mol. The smallest absolute Gasteiger partial charge is 0.330 e. The predicted octanol–water partition coefficient (Wildman–Crippen LogP) is 2.48. The fourth-order valence-corrected chi connectivity index (χ4v) is 2.35. The molecular weight excluding hydrogens is 320 g/mol. The van der Waals surface area contributed by atoms with Gasteiger partial charge < -0.3 is 21.6 Å². The molecule has 0 fully saturated rings. The topological polar surface area (TPSA) is 117 Å². The van der Waals surface area contributed by atoms with Gasteiger partial charge in [-0.15, -0.1) is 0 Å². The number of anilines is 2. The molecular formula is C18H20N4O3. The first-order valence-corrected chi connectivity index (χ1v) is 7.61. The van der Waals surface area contributed by atoms with Crippen molar-refractivity contribution in [1.29, 1.82) is 0 Å². The molecule has 0 aliphatic heterocycles. The van der Waals surface area contributed by atoms with E-state index in [-0.39, 0.29) is 5.91 Å². The van der Waals surface area contributed by atoms with Crippen molar-refractivity contribution >= 4 is 29.5 Å². The number of carbonyl (C=O) groups is 2. The van der Waals surface area contributed by atoms with Crippen molar-refractivity contribution in [3.63, 3.8) is 0 Å². The van der Waals surface area contributed by atoms with E-state index < -0.39 is 12.0 Å². The van der Waals surface area contributed by atoms with Crippen molar-refractivity contribution in [3.05, 3.63) is 59.2 Å².